The van der Waals surface area contributed by atoms with Crippen LogP contribution in [0.15, 0.2) is 18.2 Å². The summed E-state index contributed by atoms with van der Waals surface area (Å²) >= 11 is 0. The molecule has 0 aliphatic heterocycles. The fourth-order valence-electron chi connectivity index (χ4n) is 1.07. The zero-order valence-electron chi connectivity index (χ0n) is 7.98. The number of urea groups is 1. The summed E-state index contributed by atoms with van der Waals surface area (Å²) in [5.41, 5.74) is 4.95. The fourth-order valence-corrected chi connectivity index (χ4v) is 1.07. The van der Waals surface area contributed by atoms with E-state index in [4.69, 9.17) is 15.6 Å². The van der Waals surface area contributed by atoms with E-state index in [2.05, 4.69) is 5.32 Å². The van der Waals surface area contributed by atoms with Crippen molar-refractivity contribution in [2.24, 2.45) is 5.73 Å². The minimum Gasteiger partial charge on any atom is -0.497 e. The summed E-state index contributed by atoms with van der Waals surface area (Å²) in [5, 5.41) is 11.1. The Bertz CT molecular complexity index is 403. The Kier molecular flexibility index (Phi) is 3.12. The number of primary amides is 1. The molecule has 15 heavy (non-hydrogen) atoms. The van der Waals surface area contributed by atoms with Crippen molar-refractivity contribution in [3.63, 3.8) is 0 Å². The Morgan fingerprint density at radius 1 is 1.47 bits per heavy atom. The topological polar surface area (TPSA) is 102 Å². The highest BCUT2D eigenvalue weighted by molar-refractivity contribution is 5.99. The van der Waals surface area contributed by atoms with Crippen LogP contribution in [0.5, 0.6) is 5.75 Å². The summed E-state index contributed by atoms with van der Waals surface area (Å²) in [7, 11) is 1.42. The third-order valence-electron chi connectivity index (χ3n) is 1.72. The fraction of sp³-hybridized carbons (Fsp3) is 0.111. The van der Waals surface area contributed by atoms with Gasteiger partial charge in [-0.3, -0.25) is 0 Å². The van der Waals surface area contributed by atoms with Crippen molar-refractivity contribution in [1.82, 2.24) is 0 Å². The van der Waals surface area contributed by atoms with Crippen LogP contribution in [-0.4, -0.2) is 24.2 Å². The quantitative estimate of drug-likeness (QED) is 0.689. The van der Waals surface area contributed by atoms with E-state index in [1.807, 2.05) is 0 Å². The molecule has 1 aromatic rings. The number of carbonyl (C=O) groups is 2. The van der Waals surface area contributed by atoms with Crippen LogP contribution in [0.4, 0.5) is 10.5 Å². The maximum Gasteiger partial charge on any atom is 0.337 e. The van der Waals surface area contributed by atoms with Crippen molar-refractivity contribution < 1.29 is 19.4 Å². The van der Waals surface area contributed by atoms with Crippen molar-refractivity contribution in [2.45, 2.75) is 0 Å². The monoisotopic (exact) mass is 210 g/mol. The van der Waals surface area contributed by atoms with Crippen molar-refractivity contribution in [2.75, 3.05) is 12.4 Å². The van der Waals surface area contributed by atoms with Gasteiger partial charge in [-0.05, 0) is 18.2 Å². The highest BCUT2D eigenvalue weighted by Crippen LogP contribution is 2.21. The van der Waals surface area contributed by atoms with Gasteiger partial charge in [0.15, 0.2) is 0 Å². The molecule has 0 heterocycles. The molecule has 0 bridgehead atoms. The zero-order valence-corrected chi connectivity index (χ0v) is 7.98. The second-order valence-corrected chi connectivity index (χ2v) is 2.71. The van der Waals surface area contributed by atoms with E-state index in [9.17, 15) is 9.59 Å². The molecule has 0 fully saturated rings. The van der Waals surface area contributed by atoms with Crippen molar-refractivity contribution in [3.8, 4) is 5.75 Å². The van der Waals surface area contributed by atoms with Crippen molar-refractivity contribution in [3.05, 3.63) is 23.8 Å². The molecular weight excluding hydrogens is 200 g/mol. The van der Waals surface area contributed by atoms with Gasteiger partial charge in [-0.1, -0.05) is 0 Å². The number of aromatic carboxylic acids is 1. The van der Waals surface area contributed by atoms with E-state index in [0.717, 1.165) is 0 Å². The number of carboxylic acid groups (broad SMARTS) is 1. The molecule has 0 saturated carbocycles. The van der Waals surface area contributed by atoms with E-state index >= 15 is 0 Å². The third kappa shape index (κ3) is 2.60. The molecule has 0 unspecified atom stereocenters. The van der Waals surface area contributed by atoms with Gasteiger partial charge in [-0.25, -0.2) is 9.59 Å². The summed E-state index contributed by atoms with van der Waals surface area (Å²) in [6, 6.07) is 3.42. The lowest BCUT2D eigenvalue weighted by Gasteiger charge is -2.07. The highest BCUT2D eigenvalue weighted by atomic mass is 16.5. The predicted octanol–water partition coefficient (Wildman–Crippen LogP) is 0.884. The summed E-state index contributed by atoms with van der Waals surface area (Å²) in [6.07, 6.45) is 0. The van der Waals surface area contributed by atoms with Gasteiger partial charge in [0.1, 0.15) is 5.75 Å². The van der Waals surface area contributed by atoms with Crippen LogP contribution in [-0.2, 0) is 0 Å². The normalized spacial score (nSPS) is 9.40. The molecule has 1 rings (SSSR count). The van der Waals surface area contributed by atoms with E-state index < -0.39 is 12.0 Å². The van der Waals surface area contributed by atoms with E-state index in [0.29, 0.717) is 5.75 Å². The van der Waals surface area contributed by atoms with Crippen molar-refractivity contribution in [1.29, 1.82) is 0 Å². The third-order valence-corrected chi connectivity index (χ3v) is 1.72. The van der Waals surface area contributed by atoms with E-state index in [-0.39, 0.29) is 11.3 Å². The molecule has 0 saturated heterocycles. The van der Waals surface area contributed by atoms with Crippen LogP contribution in [0.1, 0.15) is 10.4 Å². The lowest BCUT2D eigenvalue weighted by atomic mass is 10.1. The van der Waals surface area contributed by atoms with E-state index in [1.165, 1.54) is 25.3 Å². The first-order valence-electron chi connectivity index (χ1n) is 4.02. The lowest BCUT2D eigenvalue weighted by Crippen LogP contribution is -2.21. The number of carboxylic acids is 1. The highest BCUT2D eigenvalue weighted by Gasteiger charge is 2.12. The first-order chi connectivity index (χ1) is 7.04. The van der Waals surface area contributed by atoms with Gasteiger partial charge in [0.05, 0.1) is 18.4 Å². The average molecular weight is 210 g/mol. The summed E-state index contributed by atoms with van der Waals surface area (Å²) in [4.78, 5) is 21.4. The number of hydrogen-bond donors (Lipinski definition) is 3. The average Bonchev–Trinajstić information content (AvgIpc) is 2.17. The number of methoxy groups -OCH3 is 1. The van der Waals surface area contributed by atoms with Gasteiger partial charge in [-0.15, -0.1) is 0 Å². The molecule has 0 aliphatic rings. The summed E-state index contributed by atoms with van der Waals surface area (Å²) in [6.45, 7) is 0. The van der Waals surface area contributed by atoms with Crippen LogP contribution in [0.25, 0.3) is 0 Å². The largest absolute Gasteiger partial charge is 0.497 e. The molecule has 6 nitrogen and oxygen atoms in total. The molecular formula is C9H10N2O4. The van der Waals surface area contributed by atoms with Gasteiger partial charge >= 0.3 is 12.0 Å². The SMILES string of the molecule is COc1ccc(NC(N)=O)c(C(=O)O)c1. The van der Waals surface area contributed by atoms with Gasteiger partial charge in [0.25, 0.3) is 0 Å². The second kappa shape index (κ2) is 4.32. The van der Waals surface area contributed by atoms with Gasteiger partial charge < -0.3 is 20.9 Å². The first-order valence-corrected chi connectivity index (χ1v) is 4.02. The smallest absolute Gasteiger partial charge is 0.337 e. The van der Waals surface area contributed by atoms with E-state index in [1.54, 1.807) is 0 Å². The summed E-state index contributed by atoms with van der Waals surface area (Å²) < 4.78 is 4.86. The lowest BCUT2D eigenvalue weighted by molar-refractivity contribution is 0.0697. The molecule has 0 aliphatic carbocycles. The zero-order chi connectivity index (χ0) is 11.4. The number of nitrogens with two attached hydrogens (primary N) is 1. The molecule has 0 atom stereocenters. The molecule has 0 radical (unpaired) electrons. The second-order valence-electron chi connectivity index (χ2n) is 2.71. The van der Waals surface area contributed by atoms with Crippen LogP contribution >= 0.6 is 0 Å². The number of hydrogen-bond acceptors (Lipinski definition) is 3. The number of rotatable bonds is 3. The number of nitrogens with one attached hydrogen (secondary N) is 1. The van der Waals surface area contributed by atoms with Crippen LogP contribution in [0, 0.1) is 0 Å². The predicted molar refractivity (Wildman–Crippen MR) is 53.2 cm³/mol. The van der Waals surface area contributed by atoms with Crippen LogP contribution < -0.4 is 15.8 Å². The van der Waals surface area contributed by atoms with Crippen LogP contribution in [0.2, 0.25) is 0 Å². The molecule has 0 aromatic heterocycles. The molecule has 2 amide bonds. The standard InChI is InChI=1S/C9H10N2O4/c1-15-5-2-3-7(11-9(10)14)6(4-5)8(12)13/h2-4H,1H3,(H,12,13)(H3,10,11,14). The number of anilines is 1. The number of benzene rings is 1. The van der Waals surface area contributed by atoms with Crippen molar-refractivity contribution >= 4 is 17.7 Å². The first kappa shape index (κ1) is 10.8. The minimum absolute atomic E-state index is 0.0758. The van der Waals surface area contributed by atoms with Gasteiger partial charge in [0.2, 0.25) is 0 Å². The summed E-state index contributed by atoms with van der Waals surface area (Å²) in [5.74, 6) is -0.778. The molecule has 80 valence electrons. The number of amides is 2. The molecule has 6 heteroatoms. The van der Waals surface area contributed by atoms with Gasteiger partial charge in [0, 0.05) is 0 Å². The minimum atomic E-state index is -1.17. The molecule has 0 spiro atoms. The Labute approximate surface area is 85.6 Å². The Morgan fingerprint density at radius 3 is 2.60 bits per heavy atom. The Balaban J connectivity index is 3.15. The number of ether oxygens (including phenoxy) is 1. The van der Waals surface area contributed by atoms with Crippen LogP contribution in [0.3, 0.4) is 0 Å². The molecule has 1 aromatic carbocycles. The Hall–Kier alpha value is -2.24. The molecule has 4 N–H and O–H groups in total. The maximum absolute atomic E-state index is 10.8. The van der Waals surface area contributed by atoms with Gasteiger partial charge in [-0.2, -0.15) is 0 Å². The number of carbonyl (C=O) groups excluding carboxylic acids is 1. The maximum atomic E-state index is 10.8. The Morgan fingerprint density at radius 2 is 2.13 bits per heavy atom.